The largest absolute Gasteiger partial charge is 0.508 e. The molecule has 3 unspecified atom stereocenters. The number of nitrogens with one attached hydrogen (secondary N) is 1. The van der Waals surface area contributed by atoms with E-state index in [0.717, 1.165) is 25.7 Å². The summed E-state index contributed by atoms with van der Waals surface area (Å²) in [7, 11) is 0. The van der Waals surface area contributed by atoms with Crippen LogP contribution in [0.2, 0.25) is 0 Å². The van der Waals surface area contributed by atoms with Gasteiger partial charge in [0.2, 0.25) is 0 Å². The molecule has 3 rings (SSSR count). The molecule has 3 atom stereocenters. The second-order valence-electron chi connectivity index (χ2n) is 9.97. The second-order valence-corrected chi connectivity index (χ2v) is 9.97. The predicted molar refractivity (Wildman–Crippen MR) is 120 cm³/mol. The van der Waals surface area contributed by atoms with E-state index in [-0.39, 0.29) is 12.2 Å². The third-order valence-corrected chi connectivity index (χ3v) is 6.06. The van der Waals surface area contributed by atoms with Crippen molar-refractivity contribution in [2.75, 3.05) is 0 Å². The Morgan fingerprint density at radius 2 is 1.76 bits per heavy atom. The van der Waals surface area contributed by atoms with Gasteiger partial charge in [-0.15, -0.1) is 0 Å². The van der Waals surface area contributed by atoms with Crippen molar-refractivity contribution < 1.29 is 33.8 Å². The first-order valence-electron chi connectivity index (χ1n) is 11.6. The Morgan fingerprint density at radius 3 is 2.36 bits per heavy atom. The molecule has 1 heterocycles. The van der Waals surface area contributed by atoms with Gasteiger partial charge in [0.05, 0.1) is 6.04 Å². The molecule has 1 saturated carbocycles. The zero-order valence-corrected chi connectivity index (χ0v) is 19.5. The van der Waals surface area contributed by atoms with Crippen molar-refractivity contribution in [1.82, 2.24) is 5.32 Å². The Bertz CT molecular complexity index is 881. The number of benzene rings is 1. The fourth-order valence-corrected chi connectivity index (χ4v) is 4.46. The monoisotopic (exact) mass is 459 g/mol. The van der Waals surface area contributed by atoms with Gasteiger partial charge in [-0.3, -0.25) is 14.4 Å². The molecular formula is C25H33NO7. The van der Waals surface area contributed by atoms with Gasteiger partial charge < -0.3 is 19.9 Å². The summed E-state index contributed by atoms with van der Waals surface area (Å²) in [6.45, 7) is 5.07. The second kappa shape index (κ2) is 10.4. The number of Topliss-reactive ketones (excluding diaryl/α,β-unsaturated/α-hetero) is 2. The van der Waals surface area contributed by atoms with Crippen molar-refractivity contribution in [3.63, 3.8) is 0 Å². The Morgan fingerprint density at radius 1 is 1.12 bits per heavy atom. The van der Waals surface area contributed by atoms with Crippen molar-refractivity contribution in [1.29, 1.82) is 0 Å². The smallest absolute Gasteiger partial charge is 0.408 e. The fourth-order valence-electron chi connectivity index (χ4n) is 4.46. The van der Waals surface area contributed by atoms with Crippen molar-refractivity contribution in [2.24, 2.45) is 11.8 Å². The molecule has 180 valence electrons. The van der Waals surface area contributed by atoms with Gasteiger partial charge in [-0.25, -0.2) is 4.79 Å². The van der Waals surface area contributed by atoms with E-state index >= 15 is 0 Å². The molecule has 0 spiro atoms. The van der Waals surface area contributed by atoms with Gasteiger partial charge in [-0.2, -0.15) is 0 Å². The van der Waals surface area contributed by atoms with Crippen LogP contribution in [0.5, 0.6) is 5.75 Å². The summed E-state index contributed by atoms with van der Waals surface area (Å²) in [4.78, 5) is 51.3. The van der Waals surface area contributed by atoms with E-state index in [9.17, 15) is 24.3 Å². The minimum Gasteiger partial charge on any atom is -0.508 e. The van der Waals surface area contributed by atoms with Crippen LogP contribution in [0.1, 0.15) is 64.9 Å². The van der Waals surface area contributed by atoms with Crippen LogP contribution in [0.4, 0.5) is 4.79 Å². The molecule has 1 aromatic rings. The number of carbonyl (C=O) groups is 4. The number of aromatic hydroxyl groups is 1. The van der Waals surface area contributed by atoms with Crippen LogP contribution in [0.3, 0.4) is 0 Å². The summed E-state index contributed by atoms with van der Waals surface area (Å²) in [6, 6.07) is 4.96. The van der Waals surface area contributed by atoms with E-state index < -0.39 is 47.3 Å². The molecule has 1 aromatic carbocycles. The highest BCUT2D eigenvalue weighted by molar-refractivity contribution is 6.23. The molecular weight excluding hydrogens is 426 g/mol. The molecule has 1 aliphatic heterocycles. The fraction of sp³-hybridized carbons (Fsp3) is 0.600. The maximum absolute atomic E-state index is 13.3. The number of carbonyl (C=O) groups excluding carboxylic acids is 4. The standard InChI is InChI=1S/C25H33NO7/c1-25(2,3)33-24(31)26-18(13-16-9-11-17(27)12-10-16)21(28)20-22(29)19(32-23(20)30)14-15-7-5-4-6-8-15/h9-12,15,18-20,27H,4-8,13-14H2,1-3H3,(H,26,31). The van der Waals surface area contributed by atoms with Crippen molar-refractivity contribution in [2.45, 2.75) is 83.5 Å². The van der Waals surface area contributed by atoms with Crippen molar-refractivity contribution in [3.05, 3.63) is 29.8 Å². The van der Waals surface area contributed by atoms with Crippen LogP contribution in [0.25, 0.3) is 0 Å². The topological polar surface area (TPSA) is 119 Å². The van der Waals surface area contributed by atoms with Crippen LogP contribution in [-0.4, -0.2) is 46.5 Å². The Hall–Kier alpha value is -2.90. The summed E-state index contributed by atoms with van der Waals surface area (Å²) in [5, 5.41) is 12.0. The molecule has 8 heteroatoms. The number of alkyl carbamates (subject to hydrolysis) is 1. The van der Waals surface area contributed by atoms with Crippen LogP contribution in [0, 0.1) is 11.8 Å². The first kappa shape index (κ1) is 24.7. The van der Waals surface area contributed by atoms with Gasteiger partial charge in [0.25, 0.3) is 0 Å². The maximum atomic E-state index is 13.3. The van der Waals surface area contributed by atoms with Gasteiger partial charge in [0.1, 0.15) is 11.4 Å². The maximum Gasteiger partial charge on any atom is 0.408 e. The first-order chi connectivity index (χ1) is 15.5. The zero-order valence-electron chi connectivity index (χ0n) is 19.5. The number of cyclic esters (lactones) is 1. The van der Waals surface area contributed by atoms with E-state index in [4.69, 9.17) is 9.47 Å². The quantitative estimate of drug-likeness (QED) is 0.473. The molecule has 33 heavy (non-hydrogen) atoms. The molecule has 1 saturated heterocycles. The van der Waals surface area contributed by atoms with E-state index in [1.807, 2.05) is 0 Å². The number of ether oxygens (including phenoxy) is 2. The Kier molecular flexibility index (Phi) is 7.76. The average molecular weight is 460 g/mol. The molecule has 0 aromatic heterocycles. The van der Waals surface area contributed by atoms with E-state index in [1.165, 1.54) is 18.6 Å². The molecule has 2 N–H and O–H groups in total. The normalized spacial score (nSPS) is 22.5. The Balaban J connectivity index is 1.75. The van der Waals surface area contributed by atoms with Gasteiger partial charge in [0, 0.05) is 0 Å². The molecule has 0 radical (unpaired) electrons. The molecule has 1 aliphatic carbocycles. The minimum atomic E-state index is -1.56. The minimum absolute atomic E-state index is 0.0305. The molecule has 2 aliphatic rings. The van der Waals surface area contributed by atoms with E-state index in [2.05, 4.69) is 5.32 Å². The summed E-state index contributed by atoms with van der Waals surface area (Å²) in [5.74, 6) is -3.29. The van der Waals surface area contributed by atoms with Crippen LogP contribution >= 0.6 is 0 Å². The summed E-state index contributed by atoms with van der Waals surface area (Å²) < 4.78 is 10.6. The van der Waals surface area contributed by atoms with Crippen molar-refractivity contribution in [3.8, 4) is 5.75 Å². The molecule has 2 fully saturated rings. The molecule has 1 amide bonds. The van der Waals surface area contributed by atoms with Crippen molar-refractivity contribution >= 4 is 23.6 Å². The van der Waals surface area contributed by atoms with Crippen LogP contribution in [-0.2, 0) is 30.3 Å². The SMILES string of the molecule is CC(C)(C)OC(=O)NC(Cc1ccc(O)cc1)C(=O)C1C(=O)OC(CC2CCCCC2)C1=O. The lowest BCUT2D eigenvalue weighted by molar-refractivity contribution is -0.147. The average Bonchev–Trinajstić information content (AvgIpc) is 3.01. The number of esters is 1. The molecule has 8 nitrogen and oxygen atoms in total. The van der Waals surface area contributed by atoms with Crippen LogP contribution in [0.15, 0.2) is 24.3 Å². The number of phenolic OH excluding ortho intramolecular Hbond substituents is 1. The lowest BCUT2D eigenvalue weighted by atomic mass is 9.83. The summed E-state index contributed by atoms with van der Waals surface area (Å²) in [5.41, 5.74) is -0.150. The number of amides is 1. The molecule has 0 bridgehead atoms. The number of phenols is 1. The highest BCUT2D eigenvalue weighted by atomic mass is 16.6. The third kappa shape index (κ3) is 6.79. The lowest BCUT2D eigenvalue weighted by Gasteiger charge is -2.24. The van der Waals surface area contributed by atoms with Gasteiger partial charge in [0.15, 0.2) is 23.6 Å². The van der Waals surface area contributed by atoms with E-state index in [1.54, 1.807) is 32.9 Å². The number of hydrogen-bond acceptors (Lipinski definition) is 7. The summed E-state index contributed by atoms with van der Waals surface area (Å²) in [6.07, 6.45) is 4.08. The van der Waals surface area contributed by atoms with Crippen LogP contribution < -0.4 is 5.32 Å². The number of hydrogen-bond donors (Lipinski definition) is 2. The van der Waals surface area contributed by atoms with E-state index in [0.29, 0.717) is 17.9 Å². The highest BCUT2D eigenvalue weighted by Crippen LogP contribution is 2.32. The number of ketones is 2. The van der Waals surface area contributed by atoms with Gasteiger partial charge in [-0.1, -0.05) is 44.2 Å². The lowest BCUT2D eigenvalue weighted by Crippen LogP contribution is -2.49. The number of rotatable bonds is 7. The zero-order chi connectivity index (χ0) is 24.2. The highest BCUT2D eigenvalue weighted by Gasteiger charge is 2.50. The predicted octanol–water partition coefficient (Wildman–Crippen LogP) is 3.48. The summed E-state index contributed by atoms with van der Waals surface area (Å²) >= 11 is 0. The third-order valence-electron chi connectivity index (χ3n) is 6.06. The Labute approximate surface area is 194 Å². The first-order valence-corrected chi connectivity index (χ1v) is 11.6. The van der Waals surface area contributed by atoms with Gasteiger partial charge >= 0.3 is 12.1 Å². The van der Waals surface area contributed by atoms with Gasteiger partial charge in [-0.05, 0) is 57.2 Å².